The molecule has 0 radical (unpaired) electrons. The third-order valence-electron chi connectivity index (χ3n) is 2.69. The Hall–Kier alpha value is -2.48. The van der Waals surface area contributed by atoms with E-state index in [1.807, 2.05) is 5.32 Å². The number of benzene rings is 1. The van der Waals surface area contributed by atoms with Crippen molar-refractivity contribution in [2.24, 2.45) is 11.5 Å². The smallest absolute Gasteiger partial charge is 0.318 e. The second-order valence-electron chi connectivity index (χ2n) is 4.13. The van der Waals surface area contributed by atoms with Crippen LogP contribution >= 0.6 is 0 Å². The van der Waals surface area contributed by atoms with Gasteiger partial charge in [-0.3, -0.25) is 10.1 Å². The minimum absolute atomic E-state index is 0.126. The maximum Gasteiger partial charge on any atom is 0.318 e. The first-order valence-corrected chi connectivity index (χ1v) is 5.90. The quantitative estimate of drug-likeness (QED) is 0.703. The molecule has 1 aliphatic rings. The number of nitrogens with one attached hydrogen (secondary N) is 1. The molecule has 1 aromatic carbocycles. The van der Waals surface area contributed by atoms with Gasteiger partial charge in [0.1, 0.15) is 5.75 Å². The van der Waals surface area contributed by atoms with E-state index in [4.69, 9.17) is 25.7 Å². The molecule has 108 valence electrons. The van der Waals surface area contributed by atoms with E-state index < -0.39 is 18.0 Å². The number of imide groups is 1. The van der Waals surface area contributed by atoms with Crippen LogP contribution in [0, 0.1) is 0 Å². The maximum atomic E-state index is 11.6. The number of rotatable bonds is 4. The highest BCUT2D eigenvalue weighted by molar-refractivity contribution is 5.95. The summed E-state index contributed by atoms with van der Waals surface area (Å²) in [5.41, 5.74) is 11.2. The van der Waals surface area contributed by atoms with Crippen LogP contribution in [0.1, 0.15) is 12.5 Å². The number of primary amides is 1. The summed E-state index contributed by atoms with van der Waals surface area (Å²) in [4.78, 5) is 22.2. The van der Waals surface area contributed by atoms with Crippen molar-refractivity contribution in [2.75, 3.05) is 6.79 Å². The number of hydrogen-bond acceptors (Lipinski definition) is 6. The van der Waals surface area contributed by atoms with Gasteiger partial charge < -0.3 is 25.7 Å². The number of amides is 3. The Kier molecular flexibility index (Phi) is 3.94. The van der Waals surface area contributed by atoms with Crippen LogP contribution in [0.4, 0.5) is 4.79 Å². The molecule has 0 fully saturated rings. The standard InChI is InChI=1S/C12H15N3O5/c1-6(11(16)15-12(14)17)20-8-3-10-9(18-5-19-10)2-7(8)4-13/h2-3,6H,4-5,13H2,1H3,(H3,14,15,16,17). The molecule has 3 amide bonds. The van der Waals surface area contributed by atoms with Gasteiger partial charge in [0.05, 0.1) is 0 Å². The summed E-state index contributed by atoms with van der Waals surface area (Å²) >= 11 is 0. The monoisotopic (exact) mass is 281 g/mol. The van der Waals surface area contributed by atoms with Gasteiger partial charge >= 0.3 is 6.03 Å². The molecule has 0 aliphatic carbocycles. The van der Waals surface area contributed by atoms with Gasteiger partial charge in [-0.15, -0.1) is 0 Å². The van der Waals surface area contributed by atoms with E-state index in [1.165, 1.54) is 6.92 Å². The van der Waals surface area contributed by atoms with Gasteiger partial charge in [-0.05, 0) is 13.0 Å². The summed E-state index contributed by atoms with van der Waals surface area (Å²) in [6.07, 6.45) is -0.909. The molecule has 0 bridgehead atoms. The molecular weight excluding hydrogens is 266 g/mol. The van der Waals surface area contributed by atoms with Gasteiger partial charge in [-0.2, -0.15) is 0 Å². The van der Waals surface area contributed by atoms with E-state index in [0.29, 0.717) is 22.8 Å². The average Bonchev–Trinajstić information content (AvgIpc) is 2.83. The number of ether oxygens (including phenoxy) is 3. The Morgan fingerprint density at radius 3 is 2.65 bits per heavy atom. The highest BCUT2D eigenvalue weighted by Gasteiger charge is 2.21. The predicted octanol–water partition coefficient (Wildman–Crippen LogP) is -0.164. The van der Waals surface area contributed by atoms with Crippen molar-refractivity contribution in [3.05, 3.63) is 17.7 Å². The molecule has 1 atom stereocenters. The second-order valence-corrected chi connectivity index (χ2v) is 4.13. The van der Waals surface area contributed by atoms with Crippen LogP contribution in [-0.2, 0) is 11.3 Å². The van der Waals surface area contributed by atoms with Crippen LogP contribution in [-0.4, -0.2) is 24.8 Å². The molecule has 0 aromatic heterocycles. The summed E-state index contributed by atoms with van der Waals surface area (Å²) in [5.74, 6) is 0.841. The first-order chi connectivity index (χ1) is 9.51. The number of carbonyl (C=O) groups excluding carboxylic acids is 2. The molecule has 0 saturated heterocycles. The molecule has 8 nitrogen and oxygen atoms in total. The molecule has 1 aromatic rings. The van der Waals surface area contributed by atoms with Crippen molar-refractivity contribution in [3.63, 3.8) is 0 Å². The summed E-state index contributed by atoms with van der Waals surface area (Å²) in [5, 5.41) is 1.94. The van der Waals surface area contributed by atoms with E-state index in [0.717, 1.165) is 0 Å². The average molecular weight is 281 g/mol. The van der Waals surface area contributed by atoms with Crippen molar-refractivity contribution in [1.82, 2.24) is 5.32 Å². The van der Waals surface area contributed by atoms with Gasteiger partial charge in [-0.25, -0.2) is 4.79 Å². The number of nitrogens with two attached hydrogens (primary N) is 2. The topological polar surface area (TPSA) is 126 Å². The Balaban J connectivity index is 2.16. The van der Waals surface area contributed by atoms with Crippen LogP contribution < -0.4 is 31.0 Å². The largest absolute Gasteiger partial charge is 0.480 e. The number of fused-ring (bicyclic) bond motifs is 1. The summed E-state index contributed by atoms with van der Waals surface area (Å²) in [6.45, 7) is 1.82. The van der Waals surface area contributed by atoms with Crippen molar-refractivity contribution < 1.29 is 23.8 Å². The van der Waals surface area contributed by atoms with Crippen molar-refractivity contribution in [1.29, 1.82) is 0 Å². The summed E-state index contributed by atoms with van der Waals surface area (Å²) in [6, 6.07) is 2.35. The molecule has 20 heavy (non-hydrogen) atoms. The highest BCUT2D eigenvalue weighted by Crippen LogP contribution is 2.38. The fraction of sp³-hybridized carbons (Fsp3) is 0.333. The highest BCUT2D eigenvalue weighted by atomic mass is 16.7. The normalized spacial score (nSPS) is 13.7. The van der Waals surface area contributed by atoms with Gasteiger partial charge in [-0.1, -0.05) is 0 Å². The van der Waals surface area contributed by atoms with Crippen molar-refractivity contribution in [3.8, 4) is 17.2 Å². The van der Waals surface area contributed by atoms with Gasteiger partial charge in [0.2, 0.25) is 6.79 Å². The van der Waals surface area contributed by atoms with Gasteiger partial charge in [0.25, 0.3) is 5.91 Å². The molecule has 1 unspecified atom stereocenters. The molecule has 1 heterocycles. The van der Waals surface area contributed by atoms with Crippen LogP contribution in [0.15, 0.2) is 12.1 Å². The van der Waals surface area contributed by atoms with E-state index >= 15 is 0 Å². The lowest BCUT2D eigenvalue weighted by Gasteiger charge is -2.16. The van der Waals surface area contributed by atoms with Crippen LogP contribution in [0.5, 0.6) is 17.2 Å². The predicted molar refractivity (Wildman–Crippen MR) is 68.3 cm³/mol. The molecule has 5 N–H and O–H groups in total. The first kappa shape index (κ1) is 13.9. The number of carbonyl (C=O) groups is 2. The minimum atomic E-state index is -0.935. The van der Waals surface area contributed by atoms with Crippen LogP contribution in [0.2, 0.25) is 0 Å². The molecule has 2 rings (SSSR count). The third kappa shape index (κ3) is 2.91. The fourth-order valence-corrected chi connectivity index (χ4v) is 1.70. The Morgan fingerprint density at radius 2 is 2.05 bits per heavy atom. The lowest BCUT2D eigenvalue weighted by Crippen LogP contribution is -2.42. The SMILES string of the molecule is CC(Oc1cc2c(cc1CN)OCO2)C(=O)NC(N)=O. The van der Waals surface area contributed by atoms with Gasteiger partial charge in [0.15, 0.2) is 17.6 Å². The summed E-state index contributed by atoms with van der Waals surface area (Å²) < 4.78 is 15.9. The van der Waals surface area contributed by atoms with E-state index in [9.17, 15) is 9.59 Å². The molecule has 0 spiro atoms. The fourth-order valence-electron chi connectivity index (χ4n) is 1.70. The minimum Gasteiger partial charge on any atom is -0.480 e. The number of hydrogen-bond donors (Lipinski definition) is 3. The zero-order valence-electron chi connectivity index (χ0n) is 10.8. The summed E-state index contributed by atoms with van der Waals surface area (Å²) in [7, 11) is 0. The van der Waals surface area contributed by atoms with E-state index in [2.05, 4.69) is 0 Å². The Bertz CT molecular complexity index is 546. The Labute approximate surface area is 115 Å². The lowest BCUT2D eigenvalue weighted by atomic mass is 10.1. The third-order valence-corrected chi connectivity index (χ3v) is 2.69. The molecule has 8 heteroatoms. The second kappa shape index (κ2) is 5.66. The zero-order chi connectivity index (χ0) is 14.7. The maximum absolute atomic E-state index is 11.6. The van der Waals surface area contributed by atoms with E-state index in [1.54, 1.807) is 12.1 Å². The Morgan fingerprint density at radius 1 is 1.40 bits per heavy atom. The first-order valence-electron chi connectivity index (χ1n) is 5.90. The molecular formula is C12H15N3O5. The molecule has 1 aliphatic heterocycles. The van der Waals surface area contributed by atoms with Crippen LogP contribution in [0.25, 0.3) is 0 Å². The molecule has 0 saturated carbocycles. The lowest BCUT2D eigenvalue weighted by molar-refractivity contribution is -0.126. The van der Waals surface area contributed by atoms with Crippen molar-refractivity contribution in [2.45, 2.75) is 19.6 Å². The van der Waals surface area contributed by atoms with Gasteiger partial charge in [0, 0.05) is 18.2 Å². The zero-order valence-corrected chi connectivity index (χ0v) is 10.8. The van der Waals surface area contributed by atoms with Crippen molar-refractivity contribution >= 4 is 11.9 Å². The van der Waals surface area contributed by atoms with E-state index in [-0.39, 0.29) is 13.3 Å². The number of urea groups is 1. The van der Waals surface area contributed by atoms with Crippen LogP contribution in [0.3, 0.4) is 0 Å².